The Morgan fingerprint density at radius 2 is 2.07 bits per heavy atom. The Hall–Kier alpha value is -1.23. The first-order valence-electron chi connectivity index (χ1n) is 3.68. The topological polar surface area (TPSA) is 28.7 Å². The average Bonchev–Trinajstić information content (AvgIpc) is 2.45. The third kappa shape index (κ3) is 1.43. The number of pyridine rings is 1. The van der Waals surface area contributed by atoms with Crippen molar-refractivity contribution in [2.24, 2.45) is 0 Å². The Labute approximate surface area is 81.7 Å². The van der Waals surface area contributed by atoms with Crippen LogP contribution in [0.5, 0.6) is 0 Å². The van der Waals surface area contributed by atoms with Crippen molar-refractivity contribution in [3.63, 3.8) is 0 Å². The minimum Gasteiger partial charge on any atom is -0.346 e. The van der Waals surface area contributed by atoms with Gasteiger partial charge in [-0.15, -0.1) is 0 Å². The molecule has 74 valence electrons. The second-order valence-electron chi connectivity index (χ2n) is 2.75. The number of halogens is 4. The third-order valence-corrected chi connectivity index (χ3v) is 2.01. The summed E-state index contributed by atoms with van der Waals surface area (Å²) in [5.41, 5.74) is -0.566. The number of fused-ring (bicyclic) bond motifs is 1. The van der Waals surface area contributed by atoms with Crippen LogP contribution in [-0.2, 0) is 6.18 Å². The van der Waals surface area contributed by atoms with Gasteiger partial charge < -0.3 is 4.98 Å². The number of aromatic amines is 1. The molecular formula is C8H4ClF3N2. The minimum absolute atomic E-state index is 0.00926. The highest BCUT2D eigenvalue weighted by Crippen LogP contribution is 2.34. The smallest absolute Gasteiger partial charge is 0.346 e. The number of H-pyrrole nitrogens is 1. The van der Waals surface area contributed by atoms with Crippen molar-refractivity contribution in [1.29, 1.82) is 0 Å². The maximum Gasteiger partial charge on any atom is 0.418 e. The molecule has 2 nitrogen and oxygen atoms in total. The van der Waals surface area contributed by atoms with Gasteiger partial charge in [0.05, 0.1) is 10.6 Å². The molecular weight excluding hydrogens is 217 g/mol. The molecule has 0 aliphatic rings. The molecule has 6 heteroatoms. The second kappa shape index (κ2) is 2.88. The van der Waals surface area contributed by atoms with Gasteiger partial charge in [0.15, 0.2) is 0 Å². The molecule has 0 amide bonds. The molecule has 2 rings (SSSR count). The number of hydrogen-bond donors (Lipinski definition) is 1. The largest absolute Gasteiger partial charge is 0.418 e. The van der Waals surface area contributed by atoms with Crippen LogP contribution in [0.3, 0.4) is 0 Å². The molecule has 2 aromatic heterocycles. The van der Waals surface area contributed by atoms with Gasteiger partial charge in [0, 0.05) is 17.8 Å². The first kappa shape index (κ1) is 9.33. The minimum atomic E-state index is -4.38. The highest BCUT2D eigenvalue weighted by atomic mass is 35.5. The van der Waals surface area contributed by atoms with E-state index in [4.69, 9.17) is 11.6 Å². The van der Waals surface area contributed by atoms with Crippen molar-refractivity contribution < 1.29 is 13.2 Å². The summed E-state index contributed by atoms with van der Waals surface area (Å²) in [6.07, 6.45) is -2.21. The normalized spacial score (nSPS) is 12.3. The molecule has 2 heterocycles. The van der Waals surface area contributed by atoms with Gasteiger partial charge in [-0.1, -0.05) is 11.6 Å². The SMILES string of the molecule is FC(F)(F)c1c[nH]c2ncc(Cl)cc12. The zero-order valence-corrected chi connectivity index (χ0v) is 7.45. The predicted octanol–water partition coefficient (Wildman–Crippen LogP) is 3.24. The van der Waals surface area contributed by atoms with Crippen molar-refractivity contribution in [1.82, 2.24) is 9.97 Å². The molecule has 0 aliphatic carbocycles. The van der Waals surface area contributed by atoms with Gasteiger partial charge in [0.2, 0.25) is 0 Å². The first-order valence-corrected chi connectivity index (χ1v) is 4.06. The molecule has 0 saturated carbocycles. The van der Waals surface area contributed by atoms with E-state index in [2.05, 4.69) is 9.97 Å². The van der Waals surface area contributed by atoms with Gasteiger partial charge in [-0.2, -0.15) is 13.2 Å². The maximum absolute atomic E-state index is 12.4. The molecule has 14 heavy (non-hydrogen) atoms. The monoisotopic (exact) mass is 220 g/mol. The van der Waals surface area contributed by atoms with E-state index in [1.165, 1.54) is 12.3 Å². The highest BCUT2D eigenvalue weighted by molar-refractivity contribution is 6.31. The Morgan fingerprint density at radius 3 is 2.71 bits per heavy atom. The van der Waals surface area contributed by atoms with Crippen molar-refractivity contribution >= 4 is 22.6 Å². The van der Waals surface area contributed by atoms with Crippen molar-refractivity contribution in [3.8, 4) is 0 Å². The van der Waals surface area contributed by atoms with Crippen LogP contribution < -0.4 is 0 Å². The van der Waals surface area contributed by atoms with Crippen LogP contribution in [0.4, 0.5) is 13.2 Å². The Kier molecular flexibility index (Phi) is 1.92. The molecule has 0 fully saturated rings. The van der Waals surface area contributed by atoms with Crippen LogP contribution in [0.25, 0.3) is 11.0 Å². The number of alkyl halides is 3. The summed E-state index contributed by atoms with van der Waals surface area (Å²) in [5, 5.41) is 0.174. The van der Waals surface area contributed by atoms with Gasteiger partial charge in [-0.25, -0.2) is 4.98 Å². The van der Waals surface area contributed by atoms with E-state index in [0.717, 1.165) is 6.20 Å². The first-order chi connectivity index (χ1) is 6.48. The van der Waals surface area contributed by atoms with E-state index in [9.17, 15) is 13.2 Å². The molecule has 1 N–H and O–H groups in total. The Balaban J connectivity index is 2.73. The molecule has 0 saturated heterocycles. The van der Waals surface area contributed by atoms with E-state index < -0.39 is 11.7 Å². The summed E-state index contributed by atoms with van der Waals surface area (Å²) in [5.74, 6) is 0. The molecule has 0 aromatic carbocycles. The fraction of sp³-hybridized carbons (Fsp3) is 0.125. The van der Waals surface area contributed by atoms with E-state index in [1.807, 2.05) is 0 Å². The highest BCUT2D eigenvalue weighted by Gasteiger charge is 2.33. The van der Waals surface area contributed by atoms with Crippen LogP contribution in [0.1, 0.15) is 5.56 Å². The van der Waals surface area contributed by atoms with Gasteiger partial charge >= 0.3 is 6.18 Å². The summed E-state index contributed by atoms with van der Waals surface area (Å²) in [7, 11) is 0. The van der Waals surface area contributed by atoms with E-state index >= 15 is 0 Å². The quantitative estimate of drug-likeness (QED) is 0.726. The number of hydrogen-bond acceptors (Lipinski definition) is 1. The third-order valence-electron chi connectivity index (χ3n) is 1.80. The summed E-state index contributed by atoms with van der Waals surface area (Å²) in [6, 6.07) is 1.24. The molecule has 0 radical (unpaired) electrons. The molecule has 0 spiro atoms. The average molecular weight is 221 g/mol. The zero-order chi connectivity index (χ0) is 10.3. The number of nitrogens with zero attached hydrogens (tertiary/aromatic N) is 1. The second-order valence-corrected chi connectivity index (χ2v) is 3.19. The van der Waals surface area contributed by atoms with Crippen LogP contribution in [0.15, 0.2) is 18.5 Å². The number of nitrogens with one attached hydrogen (secondary N) is 1. The van der Waals surface area contributed by atoms with Crippen LogP contribution in [-0.4, -0.2) is 9.97 Å². The van der Waals surface area contributed by atoms with E-state index in [1.54, 1.807) is 0 Å². The molecule has 0 aliphatic heterocycles. The lowest BCUT2D eigenvalue weighted by atomic mass is 10.2. The predicted molar refractivity (Wildman–Crippen MR) is 46.1 cm³/mol. The van der Waals surface area contributed by atoms with Gasteiger partial charge in [0.25, 0.3) is 0 Å². The van der Waals surface area contributed by atoms with Crippen molar-refractivity contribution in [2.75, 3.05) is 0 Å². The standard InChI is InChI=1S/C8H4ClF3N2/c9-4-1-5-6(8(10,11)12)3-14-7(5)13-2-4/h1-3H,(H,13,14). The van der Waals surface area contributed by atoms with Crippen LogP contribution in [0, 0.1) is 0 Å². The van der Waals surface area contributed by atoms with Gasteiger partial charge in [0.1, 0.15) is 5.65 Å². The Morgan fingerprint density at radius 1 is 1.36 bits per heavy atom. The van der Waals surface area contributed by atoms with Crippen LogP contribution >= 0.6 is 11.6 Å². The van der Waals surface area contributed by atoms with E-state index in [0.29, 0.717) is 0 Å². The van der Waals surface area contributed by atoms with Crippen molar-refractivity contribution in [3.05, 3.63) is 29.0 Å². The molecule has 0 atom stereocenters. The van der Waals surface area contributed by atoms with Crippen molar-refractivity contribution in [2.45, 2.75) is 6.18 Å². The molecule has 0 unspecified atom stereocenters. The fourth-order valence-corrected chi connectivity index (χ4v) is 1.37. The number of aromatic nitrogens is 2. The van der Waals surface area contributed by atoms with Crippen LogP contribution in [0.2, 0.25) is 5.02 Å². The lowest BCUT2D eigenvalue weighted by Crippen LogP contribution is -2.03. The summed E-state index contributed by atoms with van der Waals surface area (Å²) in [4.78, 5) is 6.16. The van der Waals surface area contributed by atoms with E-state index in [-0.39, 0.29) is 16.1 Å². The van der Waals surface area contributed by atoms with Gasteiger partial charge in [-0.3, -0.25) is 0 Å². The summed E-state index contributed by atoms with van der Waals surface area (Å²) < 4.78 is 37.2. The summed E-state index contributed by atoms with van der Waals surface area (Å²) in [6.45, 7) is 0. The molecule has 0 bridgehead atoms. The number of rotatable bonds is 0. The molecule has 2 aromatic rings. The lowest BCUT2D eigenvalue weighted by molar-refractivity contribution is -0.136. The summed E-state index contributed by atoms with van der Waals surface area (Å²) >= 11 is 5.55. The Bertz CT molecular complexity index is 475. The van der Waals surface area contributed by atoms with Gasteiger partial charge in [-0.05, 0) is 6.07 Å². The maximum atomic E-state index is 12.4. The lowest BCUT2D eigenvalue weighted by Gasteiger charge is -2.03. The zero-order valence-electron chi connectivity index (χ0n) is 6.69. The fourth-order valence-electron chi connectivity index (χ4n) is 1.21.